The second-order valence-electron chi connectivity index (χ2n) is 4.48. The van der Waals surface area contributed by atoms with Gasteiger partial charge in [-0.15, -0.1) is 0 Å². The fourth-order valence-electron chi connectivity index (χ4n) is 1.68. The molecule has 0 radical (unpaired) electrons. The molecule has 19 heavy (non-hydrogen) atoms. The van der Waals surface area contributed by atoms with Crippen LogP contribution in [0, 0.1) is 0 Å². The number of nitrogens with one attached hydrogen (secondary N) is 1. The normalized spacial score (nSPS) is 10.6. The maximum absolute atomic E-state index is 12.0. The van der Waals surface area contributed by atoms with Crippen LogP contribution in [0.15, 0.2) is 16.7 Å². The van der Waals surface area contributed by atoms with Gasteiger partial charge in [0, 0.05) is 29.7 Å². The third kappa shape index (κ3) is 4.70. The molecule has 6 heteroatoms. The fourth-order valence-corrected chi connectivity index (χ4v) is 2.12. The van der Waals surface area contributed by atoms with Crippen molar-refractivity contribution in [1.82, 2.24) is 9.88 Å². The van der Waals surface area contributed by atoms with E-state index in [0.29, 0.717) is 25.1 Å². The Bertz CT molecular complexity index is 455. The van der Waals surface area contributed by atoms with E-state index in [2.05, 4.69) is 26.0 Å². The molecule has 0 atom stereocenters. The number of hydrogen-bond donors (Lipinski definition) is 1. The summed E-state index contributed by atoms with van der Waals surface area (Å²) in [4.78, 5) is 23.0. The van der Waals surface area contributed by atoms with Gasteiger partial charge in [0.25, 0.3) is 5.91 Å². The average Bonchev–Trinajstić information content (AvgIpc) is 2.76. The number of nitrogens with zero attached hydrogens (tertiary/aromatic N) is 1. The van der Waals surface area contributed by atoms with Gasteiger partial charge in [0.05, 0.1) is 7.11 Å². The molecule has 1 heterocycles. The van der Waals surface area contributed by atoms with Crippen molar-refractivity contribution in [3.05, 3.63) is 22.4 Å². The Balaban J connectivity index is 2.52. The zero-order valence-corrected chi connectivity index (χ0v) is 13.0. The lowest BCUT2D eigenvalue weighted by Crippen LogP contribution is -2.27. The number of hydrogen-bond acceptors (Lipinski definition) is 3. The molecule has 1 N–H and O–H groups in total. The number of halogens is 1. The van der Waals surface area contributed by atoms with Crippen molar-refractivity contribution in [2.75, 3.05) is 13.7 Å². The molecule has 0 unspecified atom stereocenters. The lowest BCUT2D eigenvalue weighted by Gasteiger charge is -2.12. The average molecular weight is 331 g/mol. The Morgan fingerprint density at radius 3 is 2.74 bits per heavy atom. The van der Waals surface area contributed by atoms with Crippen molar-refractivity contribution >= 4 is 27.8 Å². The van der Waals surface area contributed by atoms with Crippen molar-refractivity contribution in [3.63, 3.8) is 0 Å². The molecule has 0 spiro atoms. The van der Waals surface area contributed by atoms with Gasteiger partial charge in [-0.2, -0.15) is 0 Å². The summed E-state index contributed by atoms with van der Waals surface area (Å²) in [5, 5.41) is 2.80. The van der Waals surface area contributed by atoms with Crippen LogP contribution in [0.2, 0.25) is 0 Å². The molecule has 0 saturated heterocycles. The number of aromatic nitrogens is 1. The molecule has 1 aromatic heterocycles. The molecule has 0 aliphatic heterocycles. The van der Waals surface area contributed by atoms with E-state index in [1.807, 2.05) is 24.6 Å². The second kappa shape index (κ2) is 7.33. The van der Waals surface area contributed by atoms with E-state index in [9.17, 15) is 9.59 Å². The van der Waals surface area contributed by atoms with Crippen LogP contribution in [0.25, 0.3) is 0 Å². The minimum Gasteiger partial charge on any atom is -0.469 e. The first-order chi connectivity index (χ1) is 8.95. The number of ether oxygens (including phenoxy) is 1. The summed E-state index contributed by atoms with van der Waals surface area (Å²) in [5.74, 6) is -0.396. The fraction of sp³-hybridized carbons (Fsp3) is 0.538. The van der Waals surface area contributed by atoms with Crippen LogP contribution in [0.3, 0.4) is 0 Å². The van der Waals surface area contributed by atoms with E-state index in [4.69, 9.17) is 0 Å². The lowest BCUT2D eigenvalue weighted by atomic mass is 10.3. The van der Waals surface area contributed by atoms with Crippen molar-refractivity contribution < 1.29 is 14.3 Å². The van der Waals surface area contributed by atoms with E-state index < -0.39 is 0 Å². The predicted octanol–water partition coefficient (Wildman–Crippen LogP) is 2.51. The molecule has 1 amide bonds. The minimum atomic E-state index is -0.262. The van der Waals surface area contributed by atoms with Crippen LogP contribution in [0.5, 0.6) is 0 Å². The van der Waals surface area contributed by atoms with Crippen LogP contribution in [0.1, 0.15) is 43.2 Å². The van der Waals surface area contributed by atoms with E-state index >= 15 is 0 Å². The van der Waals surface area contributed by atoms with Gasteiger partial charge in [-0.25, -0.2) is 0 Å². The summed E-state index contributed by atoms with van der Waals surface area (Å²) in [6.07, 6.45) is 2.77. The summed E-state index contributed by atoms with van der Waals surface area (Å²) in [6, 6.07) is 2.00. The number of methoxy groups -OCH3 is 1. The molecular formula is C13H19BrN2O3. The van der Waals surface area contributed by atoms with Gasteiger partial charge in [0.15, 0.2) is 0 Å². The van der Waals surface area contributed by atoms with E-state index in [1.54, 1.807) is 6.07 Å². The number of esters is 1. The SMILES string of the molecule is COC(=O)CCCNC(=O)c1cc(Br)cn1C(C)C. The van der Waals surface area contributed by atoms with Gasteiger partial charge in [-0.3, -0.25) is 9.59 Å². The first-order valence-electron chi connectivity index (χ1n) is 6.18. The zero-order valence-electron chi connectivity index (χ0n) is 11.4. The second-order valence-corrected chi connectivity index (χ2v) is 5.40. The molecule has 0 saturated carbocycles. The van der Waals surface area contributed by atoms with Crippen molar-refractivity contribution in [3.8, 4) is 0 Å². The third-order valence-corrected chi connectivity index (χ3v) is 3.11. The molecular weight excluding hydrogens is 312 g/mol. The molecule has 0 aliphatic rings. The highest BCUT2D eigenvalue weighted by Crippen LogP contribution is 2.19. The van der Waals surface area contributed by atoms with Crippen LogP contribution >= 0.6 is 15.9 Å². The van der Waals surface area contributed by atoms with Gasteiger partial charge in [-0.1, -0.05) is 0 Å². The van der Waals surface area contributed by atoms with Gasteiger partial charge >= 0.3 is 5.97 Å². The van der Waals surface area contributed by atoms with Crippen molar-refractivity contribution in [1.29, 1.82) is 0 Å². The Labute approximate surface area is 121 Å². The van der Waals surface area contributed by atoms with E-state index in [1.165, 1.54) is 7.11 Å². The third-order valence-electron chi connectivity index (χ3n) is 2.68. The van der Waals surface area contributed by atoms with Crippen molar-refractivity contribution in [2.24, 2.45) is 0 Å². The molecule has 0 fully saturated rings. The largest absolute Gasteiger partial charge is 0.469 e. The topological polar surface area (TPSA) is 60.3 Å². The Morgan fingerprint density at radius 1 is 1.47 bits per heavy atom. The smallest absolute Gasteiger partial charge is 0.305 e. The number of amides is 1. The summed E-state index contributed by atoms with van der Waals surface area (Å²) in [7, 11) is 1.36. The maximum Gasteiger partial charge on any atom is 0.305 e. The van der Waals surface area contributed by atoms with Crippen LogP contribution < -0.4 is 5.32 Å². The number of rotatable bonds is 6. The molecule has 5 nitrogen and oxygen atoms in total. The molecule has 106 valence electrons. The summed E-state index contributed by atoms with van der Waals surface area (Å²) >= 11 is 3.37. The number of carbonyl (C=O) groups is 2. The monoisotopic (exact) mass is 330 g/mol. The Hall–Kier alpha value is -1.30. The van der Waals surface area contributed by atoms with Gasteiger partial charge in [0.1, 0.15) is 5.69 Å². The molecule has 1 rings (SSSR count). The van der Waals surface area contributed by atoms with Gasteiger partial charge in [-0.05, 0) is 42.3 Å². The van der Waals surface area contributed by atoms with Gasteiger partial charge < -0.3 is 14.6 Å². The number of carbonyl (C=O) groups excluding carboxylic acids is 2. The molecule has 0 aliphatic carbocycles. The first-order valence-corrected chi connectivity index (χ1v) is 6.97. The minimum absolute atomic E-state index is 0.135. The predicted molar refractivity (Wildman–Crippen MR) is 76.1 cm³/mol. The Kier molecular flexibility index (Phi) is 6.08. The summed E-state index contributed by atoms with van der Waals surface area (Å²) < 4.78 is 7.31. The Morgan fingerprint density at radius 2 is 2.16 bits per heavy atom. The summed E-state index contributed by atoms with van der Waals surface area (Å²) in [5.41, 5.74) is 0.611. The molecule has 1 aromatic rings. The zero-order chi connectivity index (χ0) is 14.4. The molecule has 0 aromatic carbocycles. The quantitative estimate of drug-likeness (QED) is 0.644. The highest BCUT2D eigenvalue weighted by molar-refractivity contribution is 9.10. The van der Waals surface area contributed by atoms with E-state index in [0.717, 1.165) is 4.47 Å². The highest BCUT2D eigenvalue weighted by Gasteiger charge is 2.14. The first kappa shape index (κ1) is 15.8. The van der Waals surface area contributed by atoms with Crippen LogP contribution in [-0.4, -0.2) is 30.1 Å². The van der Waals surface area contributed by atoms with Gasteiger partial charge in [0.2, 0.25) is 0 Å². The van der Waals surface area contributed by atoms with Crippen LogP contribution in [-0.2, 0) is 9.53 Å². The van der Waals surface area contributed by atoms with Crippen LogP contribution in [0.4, 0.5) is 0 Å². The summed E-state index contributed by atoms with van der Waals surface area (Å²) in [6.45, 7) is 4.48. The molecule has 0 bridgehead atoms. The highest BCUT2D eigenvalue weighted by atomic mass is 79.9. The maximum atomic E-state index is 12.0. The standard InChI is InChI=1S/C13H19BrN2O3/c1-9(2)16-8-10(14)7-11(16)13(18)15-6-4-5-12(17)19-3/h7-9H,4-6H2,1-3H3,(H,15,18). The lowest BCUT2D eigenvalue weighted by molar-refractivity contribution is -0.140. The van der Waals surface area contributed by atoms with E-state index in [-0.39, 0.29) is 17.9 Å². The van der Waals surface area contributed by atoms with Crippen molar-refractivity contribution in [2.45, 2.75) is 32.7 Å².